The van der Waals surface area contributed by atoms with E-state index in [2.05, 4.69) is 57.5 Å². The second-order valence-corrected chi connectivity index (χ2v) is 23.8. The second-order valence-electron chi connectivity index (χ2n) is 22.9. The number of aliphatic hydroxyl groups is 1. The van der Waals surface area contributed by atoms with Crippen molar-refractivity contribution in [3.63, 3.8) is 0 Å². The zero-order valence-corrected chi connectivity index (χ0v) is 46.1. The van der Waals surface area contributed by atoms with Crippen LogP contribution in [0.3, 0.4) is 0 Å². The molecule has 4 aromatic heterocycles. The number of piperidine rings is 1. The van der Waals surface area contributed by atoms with Gasteiger partial charge in [0.25, 0.3) is 5.88 Å². The molecule has 2 bridgehead atoms. The van der Waals surface area contributed by atoms with Gasteiger partial charge in [0.2, 0.25) is 17.7 Å². The Balaban J connectivity index is 0.567. The van der Waals surface area contributed by atoms with E-state index in [0.29, 0.717) is 52.7 Å². The number of carbonyl (C=O) groups excluding carboxylic acids is 2. The molecule has 2 unspecified atom stereocenters. The molecular formula is C59H71N11O8S. The summed E-state index contributed by atoms with van der Waals surface area (Å²) in [5, 5.41) is 37.1. The fraction of sp³-hybridized carbons (Fsp3) is 0.508. The first kappa shape index (κ1) is 52.8. The van der Waals surface area contributed by atoms with Crippen LogP contribution in [0, 0.1) is 12.8 Å². The summed E-state index contributed by atoms with van der Waals surface area (Å²) < 4.78 is 25.1. The lowest BCUT2D eigenvalue weighted by molar-refractivity contribution is -0.141. The minimum atomic E-state index is -0.824. The van der Waals surface area contributed by atoms with Crippen LogP contribution in [0.1, 0.15) is 108 Å². The molecule has 4 aliphatic heterocycles. The third-order valence-electron chi connectivity index (χ3n) is 17.3. The van der Waals surface area contributed by atoms with Crippen molar-refractivity contribution in [2.45, 2.75) is 152 Å². The van der Waals surface area contributed by atoms with E-state index in [1.165, 1.54) is 4.90 Å². The predicted octanol–water partition coefficient (Wildman–Crippen LogP) is 7.68. The number of thiazole rings is 1. The number of carbonyl (C=O) groups is 2. The fourth-order valence-electron chi connectivity index (χ4n) is 12.8. The molecule has 19 nitrogen and oxygen atoms in total. The highest BCUT2D eigenvalue weighted by atomic mass is 32.1. The van der Waals surface area contributed by atoms with E-state index in [1.807, 2.05) is 81.9 Å². The average Bonchev–Trinajstić information content (AvgIpc) is 4.41. The van der Waals surface area contributed by atoms with Gasteiger partial charge in [0.05, 0.1) is 51.8 Å². The van der Waals surface area contributed by atoms with Crippen LogP contribution in [-0.2, 0) is 14.3 Å². The van der Waals surface area contributed by atoms with Gasteiger partial charge in [0.1, 0.15) is 29.9 Å². The number of likely N-dealkylation sites (tertiary alicyclic amines) is 2. The third kappa shape index (κ3) is 11.1. The summed E-state index contributed by atoms with van der Waals surface area (Å²) in [4.78, 5) is 47.1. The molecule has 0 radical (unpaired) electrons. The Morgan fingerprint density at radius 3 is 2.27 bits per heavy atom. The Bertz CT molecular complexity index is 3100. The molecule has 2 saturated carbocycles. The highest BCUT2D eigenvalue weighted by molar-refractivity contribution is 7.13. The lowest BCUT2D eigenvalue weighted by Gasteiger charge is -2.46. The molecule has 416 valence electrons. The SMILES string of the molecule is Cc1ncsc1-c1ccc([C@H](C)NC(=O)[C@@H]2C[C@@H](O)CN2C(=O)[C@@H](c2cc(O[C@H]3C[C@H](N4CCC(O[C@H]5C[C@H](Oc6cc(N7C8CCC7CN(c7cc(-c9ccccc9O)nnc7N)C8)ccn6)C5)CC4)C3)no2)C(C)C)cc1. The van der Waals surface area contributed by atoms with Crippen LogP contribution >= 0.6 is 11.3 Å². The number of aromatic hydroxyl groups is 1. The molecule has 6 atom stereocenters. The molecule has 79 heavy (non-hydrogen) atoms. The number of amides is 2. The van der Waals surface area contributed by atoms with Gasteiger partial charge in [-0.05, 0) is 86.0 Å². The highest BCUT2D eigenvalue weighted by Gasteiger charge is 2.45. The smallest absolute Gasteiger partial charge is 0.254 e. The normalized spacial score (nSPS) is 25.9. The van der Waals surface area contributed by atoms with Gasteiger partial charge >= 0.3 is 0 Å². The molecule has 6 aromatic rings. The highest BCUT2D eigenvalue weighted by Crippen LogP contribution is 2.42. The fourth-order valence-corrected chi connectivity index (χ4v) is 13.7. The number of nitrogens with one attached hydrogen (secondary N) is 1. The molecule has 2 aromatic carbocycles. The first-order valence-electron chi connectivity index (χ1n) is 28.2. The van der Waals surface area contributed by atoms with Crippen molar-refractivity contribution in [2.75, 3.05) is 48.3 Å². The number of ether oxygens (including phenoxy) is 3. The largest absolute Gasteiger partial charge is 0.507 e. The molecule has 12 rings (SSSR count). The number of anilines is 3. The number of phenolic OH excluding ortho intramolecular Hbond substituents is 1. The standard InChI is InChI=1S/C59H71N11O8S/c1-33(2)55(59(74)69-31-42(71)24-50(69)58(73)63-34(3)36-9-11-37(12-10-36)56-35(4)62-32-79-56)52-28-54(66-78-52)77-44-21-41(22-44)67-19-16-43(17-20-67)75-45-25-46(26-45)76-53-23-38(15-18-61-53)70-39-13-14-40(70)30-68(29-39)49-27-48(64-65-57(49)60)47-7-5-6-8-51(47)72/h5-12,15,18,23,27-28,32-34,39-46,50,55,71-72H,13-14,16-17,19-22,24-26,29-31H2,1-4H3,(H2,60,65)(H,63,73)/t34-,39?,40?,41-,42+,44-,45-,46-,50-,55+/m0/s1. The molecule has 4 saturated heterocycles. The molecular weight excluding hydrogens is 1020 g/mol. The monoisotopic (exact) mass is 1090 g/mol. The maximum Gasteiger partial charge on any atom is 0.254 e. The number of aliphatic hydroxyl groups excluding tert-OH is 1. The van der Waals surface area contributed by atoms with Crippen LogP contribution in [0.5, 0.6) is 17.5 Å². The molecule has 5 N–H and O–H groups in total. The number of β-amino-alcohol motifs (C(OH)–C–C–N with tert-alkyl or cyclic N) is 1. The van der Waals surface area contributed by atoms with Crippen molar-refractivity contribution in [3.05, 3.63) is 102 Å². The van der Waals surface area contributed by atoms with E-state index >= 15 is 0 Å². The molecule has 0 spiro atoms. The number of nitrogen functional groups attached to an aromatic ring is 1. The number of hydrogen-bond acceptors (Lipinski definition) is 18. The number of piperazine rings is 1. The number of aromatic nitrogens is 5. The van der Waals surface area contributed by atoms with Crippen LogP contribution in [-0.4, -0.2) is 145 Å². The first-order chi connectivity index (χ1) is 38.3. The summed E-state index contributed by atoms with van der Waals surface area (Å²) in [6.07, 6.45) is 9.23. The number of benzene rings is 2. The van der Waals surface area contributed by atoms with E-state index in [-0.39, 0.29) is 66.9 Å². The number of para-hydroxylation sites is 1. The Morgan fingerprint density at radius 1 is 0.810 bits per heavy atom. The van der Waals surface area contributed by atoms with Crippen LogP contribution in [0.2, 0.25) is 0 Å². The number of nitrogens with two attached hydrogens (primary N) is 1. The second kappa shape index (κ2) is 22.3. The summed E-state index contributed by atoms with van der Waals surface area (Å²) >= 11 is 1.59. The van der Waals surface area contributed by atoms with Gasteiger partial charge in [0.15, 0.2) is 11.6 Å². The van der Waals surface area contributed by atoms with Crippen LogP contribution in [0.4, 0.5) is 17.2 Å². The van der Waals surface area contributed by atoms with Crippen molar-refractivity contribution in [3.8, 4) is 39.2 Å². The van der Waals surface area contributed by atoms with E-state index in [4.69, 9.17) is 24.5 Å². The summed E-state index contributed by atoms with van der Waals surface area (Å²) in [7, 11) is 0. The minimum absolute atomic E-state index is 0.00799. The van der Waals surface area contributed by atoms with E-state index in [1.54, 1.807) is 29.5 Å². The van der Waals surface area contributed by atoms with Gasteiger partial charge in [-0.2, -0.15) is 0 Å². The summed E-state index contributed by atoms with van der Waals surface area (Å²) in [5.74, 6) is 0.466. The van der Waals surface area contributed by atoms with Crippen molar-refractivity contribution in [1.82, 2.24) is 40.4 Å². The Labute approximate surface area is 464 Å². The zero-order valence-electron chi connectivity index (χ0n) is 45.3. The maximum atomic E-state index is 14.3. The van der Waals surface area contributed by atoms with Gasteiger partial charge in [-0.15, -0.1) is 21.5 Å². The van der Waals surface area contributed by atoms with Crippen molar-refractivity contribution >= 4 is 40.3 Å². The predicted molar refractivity (Wildman–Crippen MR) is 299 cm³/mol. The molecule has 8 heterocycles. The van der Waals surface area contributed by atoms with E-state index in [0.717, 1.165) is 111 Å². The molecule has 2 aliphatic carbocycles. The van der Waals surface area contributed by atoms with Crippen molar-refractivity contribution in [2.24, 2.45) is 5.92 Å². The number of pyridine rings is 1. The van der Waals surface area contributed by atoms with Gasteiger partial charge in [-0.1, -0.05) is 50.2 Å². The maximum absolute atomic E-state index is 14.3. The number of aryl methyl sites for hydroxylation is 1. The zero-order chi connectivity index (χ0) is 54.5. The molecule has 6 fully saturated rings. The van der Waals surface area contributed by atoms with Crippen molar-refractivity contribution in [1.29, 1.82) is 0 Å². The Hall–Kier alpha value is -6.87. The van der Waals surface area contributed by atoms with Gasteiger partial charge in [0, 0.05) is 113 Å². The Morgan fingerprint density at radius 2 is 1.54 bits per heavy atom. The number of rotatable bonds is 17. The molecule has 20 heteroatoms. The van der Waals surface area contributed by atoms with E-state index in [9.17, 15) is 19.8 Å². The Kier molecular flexibility index (Phi) is 14.9. The topological polar surface area (TPSA) is 231 Å². The molecule has 2 amide bonds. The van der Waals surface area contributed by atoms with Gasteiger partial charge in [-0.3, -0.25) is 14.5 Å². The van der Waals surface area contributed by atoms with Crippen molar-refractivity contribution < 1.29 is 38.5 Å². The minimum Gasteiger partial charge on any atom is -0.507 e. The number of hydrogen-bond donors (Lipinski definition) is 4. The third-order valence-corrected chi connectivity index (χ3v) is 18.3. The number of nitrogens with zero attached hydrogens (tertiary/aromatic N) is 9. The lowest BCUT2D eigenvalue weighted by Crippen LogP contribution is -2.54. The first-order valence-corrected chi connectivity index (χ1v) is 29.1. The van der Waals surface area contributed by atoms with Crippen LogP contribution in [0.15, 0.2) is 89.0 Å². The summed E-state index contributed by atoms with van der Waals surface area (Å²) in [6, 6.07) is 22.9. The number of fused-ring (bicyclic) bond motifs is 2. The lowest BCUT2D eigenvalue weighted by atomic mass is 9.86. The van der Waals surface area contributed by atoms with E-state index < -0.39 is 18.1 Å². The van der Waals surface area contributed by atoms with Crippen LogP contribution < -0.4 is 30.3 Å². The van der Waals surface area contributed by atoms with Gasteiger partial charge in [-0.25, -0.2) is 9.97 Å². The average molecular weight is 1090 g/mol. The summed E-state index contributed by atoms with van der Waals surface area (Å²) in [5.41, 5.74) is 14.4. The van der Waals surface area contributed by atoms with Gasteiger partial charge < -0.3 is 54.7 Å². The quantitative estimate of drug-likeness (QED) is 0.0686. The van der Waals surface area contributed by atoms with Crippen LogP contribution in [0.25, 0.3) is 21.7 Å². The molecule has 6 aliphatic rings. The summed E-state index contributed by atoms with van der Waals surface area (Å²) in [6.45, 7) is 11.4. The number of phenols is 1.